The maximum absolute atomic E-state index is 10.9. The van der Waals surface area contributed by atoms with E-state index in [1.165, 1.54) is 12.1 Å². The van der Waals surface area contributed by atoms with Crippen molar-refractivity contribution in [2.75, 3.05) is 17.7 Å². The van der Waals surface area contributed by atoms with Crippen LogP contribution < -0.4 is 10.6 Å². The number of benzene rings is 2. The zero-order valence-corrected chi connectivity index (χ0v) is 11.5. The second kappa shape index (κ2) is 5.92. The number of non-ortho nitro benzene ring substituents is 1. The van der Waals surface area contributed by atoms with E-state index in [0.717, 1.165) is 5.56 Å². The molecule has 106 valence electrons. The van der Waals surface area contributed by atoms with Crippen LogP contribution >= 0.6 is 0 Å². The van der Waals surface area contributed by atoms with Gasteiger partial charge in [-0.1, -0.05) is 12.1 Å². The lowest BCUT2D eigenvalue weighted by Gasteiger charge is -2.19. The number of rotatable bonds is 4. The van der Waals surface area contributed by atoms with Crippen LogP contribution in [0.3, 0.4) is 0 Å². The molecule has 0 aliphatic rings. The Kier molecular flexibility index (Phi) is 4.05. The van der Waals surface area contributed by atoms with Crippen molar-refractivity contribution >= 4 is 17.1 Å². The number of nitro groups is 1. The maximum Gasteiger partial charge on any atom is 0.273 e. The highest BCUT2D eigenvalue weighted by Crippen LogP contribution is 2.25. The summed E-state index contributed by atoms with van der Waals surface area (Å²) in [5.41, 5.74) is 8.19. The number of hydrogen-bond acceptors (Lipinski definition) is 5. The Balaban J connectivity index is 2.25. The van der Waals surface area contributed by atoms with Gasteiger partial charge in [-0.05, 0) is 23.8 Å². The number of nitriles is 1. The molecule has 21 heavy (non-hydrogen) atoms. The molecule has 0 saturated carbocycles. The minimum absolute atomic E-state index is 0.0392. The van der Waals surface area contributed by atoms with Crippen molar-refractivity contribution in [1.29, 1.82) is 5.26 Å². The molecule has 2 N–H and O–H groups in total. The average molecular weight is 282 g/mol. The van der Waals surface area contributed by atoms with Crippen molar-refractivity contribution in [3.05, 3.63) is 63.7 Å². The molecule has 0 radical (unpaired) electrons. The van der Waals surface area contributed by atoms with Crippen LogP contribution in [0.25, 0.3) is 0 Å². The van der Waals surface area contributed by atoms with Crippen LogP contribution in [0.1, 0.15) is 11.1 Å². The molecule has 0 saturated heterocycles. The molecular weight excluding hydrogens is 268 g/mol. The molecule has 0 aromatic heterocycles. The molecule has 0 bridgehead atoms. The molecule has 0 unspecified atom stereocenters. The van der Waals surface area contributed by atoms with Gasteiger partial charge in [0.05, 0.1) is 16.6 Å². The van der Waals surface area contributed by atoms with Crippen LogP contribution in [-0.2, 0) is 6.54 Å². The first-order valence-electron chi connectivity index (χ1n) is 6.25. The van der Waals surface area contributed by atoms with Crippen LogP contribution in [0.5, 0.6) is 0 Å². The molecule has 0 heterocycles. The average Bonchev–Trinajstić information content (AvgIpc) is 2.46. The Morgan fingerprint density at radius 2 is 2.10 bits per heavy atom. The Morgan fingerprint density at radius 1 is 1.33 bits per heavy atom. The van der Waals surface area contributed by atoms with Crippen molar-refractivity contribution in [3.63, 3.8) is 0 Å². The van der Waals surface area contributed by atoms with Crippen molar-refractivity contribution in [2.45, 2.75) is 6.54 Å². The summed E-state index contributed by atoms with van der Waals surface area (Å²) in [4.78, 5) is 12.2. The normalized spacial score (nSPS) is 9.90. The second-order valence-corrected chi connectivity index (χ2v) is 4.71. The summed E-state index contributed by atoms with van der Waals surface area (Å²) in [6, 6.07) is 13.8. The van der Waals surface area contributed by atoms with Gasteiger partial charge in [0.25, 0.3) is 5.69 Å². The van der Waals surface area contributed by atoms with Gasteiger partial charge in [0, 0.05) is 37.1 Å². The summed E-state index contributed by atoms with van der Waals surface area (Å²) >= 11 is 0. The van der Waals surface area contributed by atoms with Gasteiger partial charge in [-0.15, -0.1) is 0 Å². The van der Waals surface area contributed by atoms with Crippen molar-refractivity contribution in [2.24, 2.45) is 0 Å². The lowest BCUT2D eigenvalue weighted by Crippen LogP contribution is -2.16. The van der Waals surface area contributed by atoms with Gasteiger partial charge in [-0.2, -0.15) is 5.26 Å². The van der Waals surface area contributed by atoms with Crippen LogP contribution in [0, 0.1) is 21.4 Å². The SMILES string of the molecule is CN(Cc1cccc(C#N)c1)c1cc(N)cc([N+](=O)[O-])c1. The molecule has 0 aliphatic heterocycles. The predicted octanol–water partition coefficient (Wildman–Crippen LogP) is 2.69. The molecule has 2 aromatic carbocycles. The molecule has 0 aliphatic carbocycles. The summed E-state index contributed by atoms with van der Waals surface area (Å²) in [5, 5.41) is 19.8. The second-order valence-electron chi connectivity index (χ2n) is 4.71. The number of anilines is 2. The third-order valence-electron chi connectivity index (χ3n) is 3.05. The van der Waals surface area contributed by atoms with Crippen LogP contribution in [-0.4, -0.2) is 12.0 Å². The first-order chi connectivity index (χ1) is 9.99. The van der Waals surface area contributed by atoms with Crippen molar-refractivity contribution < 1.29 is 4.92 Å². The van der Waals surface area contributed by atoms with E-state index >= 15 is 0 Å². The zero-order valence-electron chi connectivity index (χ0n) is 11.5. The molecule has 2 rings (SSSR count). The number of nitrogen functional groups attached to an aromatic ring is 1. The molecule has 2 aromatic rings. The van der Waals surface area contributed by atoms with Gasteiger partial charge < -0.3 is 10.6 Å². The lowest BCUT2D eigenvalue weighted by molar-refractivity contribution is -0.384. The predicted molar refractivity (Wildman–Crippen MR) is 80.8 cm³/mol. The highest BCUT2D eigenvalue weighted by atomic mass is 16.6. The number of hydrogen-bond donors (Lipinski definition) is 1. The number of nitro benzene ring substituents is 1. The third kappa shape index (κ3) is 3.48. The van der Waals surface area contributed by atoms with E-state index in [2.05, 4.69) is 6.07 Å². The van der Waals surface area contributed by atoms with Gasteiger partial charge in [-0.3, -0.25) is 10.1 Å². The zero-order chi connectivity index (χ0) is 15.4. The summed E-state index contributed by atoms with van der Waals surface area (Å²) in [5.74, 6) is 0. The van der Waals surface area contributed by atoms with Gasteiger partial charge >= 0.3 is 0 Å². The van der Waals surface area contributed by atoms with Crippen molar-refractivity contribution in [1.82, 2.24) is 0 Å². The van der Waals surface area contributed by atoms with E-state index in [1.54, 1.807) is 18.2 Å². The van der Waals surface area contributed by atoms with Crippen LogP contribution in [0.15, 0.2) is 42.5 Å². The Morgan fingerprint density at radius 3 is 2.76 bits per heavy atom. The fourth-order valence-corrected chi connectivity index (χ4v) is 2.05. The lowest BCUT2D eigenvalue weighted by atomic mass is 10.1. The topological polar surface area (TPSA) is 96.2 Å². The van der Waals surface area contributed by atoms with E-state index in [4.69, 9.17) is 11.0 Å². The molecule has 0 spiro atoms. The van der Waals surface area contributed by atoms with Gasteiger partial charge in [0.2, 0.25) is 0 Å². The Hall–Kier alpha value is -3.07. The highest BCUT2D eigenvalue weighted by molar-refractivity contribution is 5.62. The standard InChI is InChI=1S/C15H14N4O2/c1-18(10-12-4-2-3-11(5-12)9-16)14-6-13(17)7-15(8-14)19(20)21/h2-8H,10,17H2,1H3. The molecular formula is C15H14N4O2. The quantitative estimate of drug-likeness (QED) is 0.528. The number of nitrogens with two attached hydrogens (primary N) is 1. The maximum atomic E-state index is 10.9. The number of nitrogens with zero attached hydrogens (tertiary/aromatic N) is 3. The smallest absolute Gasteiger partial charge is 0.273 e. The van der Waals surface area contributed by atoms with E-state index in [-0.39, 0.29) is 5.69 Å². The van der Waals surface area contributed by atoms with E-state index < -0.39 is 4.92 Å². The molecule has 0 fully saturated rings. The molecule has 6 nitrogen and oxygen atoms in total. The first-order valence-corrected chi connectivity index (χ1v) is 6.25. The largest absolute Gasteiger partial charge is 0.398 e. The Bertz CT molecular complexity index is 722. The molecule has 6 heteroatoms. The summed E-state index contributed by atoms with van der Waals surface area (Å²) in [6.07, 6.45) is 0. The highest BCUT2D eigenvalue weighted by Gasteiger charge is 2.11. The first kappa shape index (κ1) is 14.3. The summed E-state index contributed by atoms with van der Waals surface area (Å²) in [6.45, 7) is 0.524. The van der Waals surface area contributed by atoms with E-state index in [0.29, 0.717) is 23.5 Å². The van der Waals surface area contributed by atoms with Crippen LogP contribution in [0.2, 0.25) is 0 Å². The fraction of sp³-hybridized carbons (Fsp3) is 0.133. The fourth-order valence-electron chi connectivity index (χ4n) is 2.05. The minimum Gasteiger partial charge on any atom is -0.398 e. The molecule has 0 amide bonds. The Labute approximate surface area is 122 Å². The minimum atomic E-state index is -0.468. The summed E-state index contributed by atoms with van der Waals surface area (Å²) in [7, 11) is 1.82. The van der Waals surface area contributed by atoms with Gasteiger partial charge in [-0.25, -0.2) is 0 Å². The molecule has 0 atom stereocenters. The van der Waals surface area contributed by atoms with Gasteiger partial charge in [0.15, 0.2) is 0 Å². The van der Waals surface area contributed by atoms with E-state index in [9.17, 15) is 10.1 Å². The van der Waals surface area contributed by atoms with Crippen LogP contribution in [0.4, 0.5) is 17.1 Å². The monoisotopic (exact) mass is 282 g/mol. The third-order valence-corrected chi connectivity index (χ3v) is 3.05. The van der Waals surface area contributed by atoms with E-state index in [1.807, 2.05) is 24.1 Å². The van der Waals surface area contributed by atoms with Crippen molar-refractivity contribution in [3.8, 4) is 6.07 Å². The van der Waals surface area contributed by atoms with Gasteiger partial charge in [0.1, 0.15) is 0 Å². The summed E-state index contributed by atoms with van der Waals surface area (Å²) < 4.78 is 0.